The van der Waals surface area contributed by atoms with E-state index in [0.717, 1.165) is 23.0 Å². The van der Waals surface area contributed by atoms with Crippen LogP contribution < -0.4 is 20.5 Å². The summed E-state index contributed by atoms with van der Waals surface area (Å²) in [5, 5.41) is 3.85. The second kappa shape index (κ2) is 9.45. The number of aryl methyl sites for hydroxylation is 1. The van der Waals surface area contributed by atoms with Crippen molar-refractivity contribution in [3.05, 3.63) is 70.0 Å². The zero-order chi connectivity index (χ0) is 21.7. The van der Waals surface area contributed by atoms with Crippen LogP contribution in [0.3, 0.4) is 0 Å². The van der Waals surface area contributed by atoms with Gasteiger partial charge in [-0.1, -0.05) is 24.3 Å². The zero-order valence-corrected chi connectivity index (χ0v) is 17.9. The quantitative estimate of drug-likeness (QED) is 0.559. The number of aromatic amines is 1. The molecule has 3 aromatic rings. The molecule has 7 nitrogen and oxygen atoms in total. The molecule has 30 heavy (non-hydrogen) atoms. The summed E-state index contributed by atoms with van der Waals surface area (Å²) in [6.45, 7) is 3.46. The van der Waals surface area contributed by atoms with Crippen molar-refractivity contribution in [2.24, 2.45) is 0 Å². The maximum Gasteiger partial charge on any atom is 0.322 e. The number of fused-ring (bicyclic) bond motifs is 1. The number of carbonyl (C=O) groups is 1. The van der Waals surface area contributed by atoms with Gasteiger partial charge in [0, 0.05) is 11.1 Å². The highest BCUT2D eigenvalue weighted by molar-refractivity contribution is 5.91. The molecule has 7 heteroatoms. The maximum atomic E-state index is 13.1. The van der Waals surface area contributed by atoms with E-state index < -0.39 is 0 Å². The number of amides is 2. The number of aromatic nitrogens is 1. The van der Waals surface area contributed by atoms with Crippen LogP contribution in [-0.4, -0.2) is 50.2 Å². The van der Waals surface area contributed by atoms with Crippen LogP contribution in [0.4, 0.5) is 10.5 Å². The van der Waals surface area contributed by atoms with E-state index in [1.807, 2.05) is 57.4 Å². The summed E-state index contributed by atoms with van der Waals surface area (Å²) >= 11 is 0. The first-order chi connectivity index (χ1) is 14.4. The van der Waals surface area contributed by atoms with Crippen molar-refractivity contribution < 1.29 is 14.4 Å². The molecule has 1 aromatic heterocycles. The third-order valence-corrected chi connectivity index (χ3v) is 4.96. The number of quaternary nitrogens is 1. The number of nitrogens with zero attached hydrogens (tertiary/aromatic N) is 1. The fraction of sp³-hybridized carbons (Fsp3) is 0.304. The molecule has 1 heterocycles. The van der Waals surface area contributed by atoms with Gasteiger partial charge in [-0.15, -0.1) is 0 Å². The molecule has 0 atom stereocenters. The Kier molecular flexibility index (Phi) is 6.74. The fourth-order valence-electron chi connectivity index (χ4n) is 3.24. The largest absolute Gasteiger partial charge is 0.495 e. The van der Waals surface area contributed by atoms with Gasteiger partial charge in [0.2, 0.25) is 0 Å². The first kappa shape index (κ1) is 21.4. The van der Waals surface area contributed by atoms with E-state index >= 15 is 0 Å². The van der Waals surface area contributed by atoms with Gasteiger partial charge in [0.05, 0.1) is 46.5 Å². The Morgan fingerprint density at radius 3 is 2.67 bits per heavy atom. The number of hydrogen-bond acceptors (Lipinski definition) is 3. The number of anilines is 1. The number of methoxy groups -OCH3 is 1. The van der Waals surface area contributed by atoms with Crippen LogP contribution >= 0.6 is 0 Å². The third-order valence-electron chi connectivity index (χ3n) is 4.96. The van der Waals surface area contributed by atoms with Crippen LogP contribution in [0, 0.1) is 6.92 Å². The predicted octanol–water partition coefficient (Wildman–Crippen LogP) is 2.02. The van der Waals surface area contributed by atoms with E-state index in [1.54, 1.807) is 24.1 Å². The highest BCUT2D eigenvalue weighted by Crippen LogP contribution is 2.23. The number of ether oxygens (including phenoxy) is 1. The first-order valence-electron chi connectivity index (χ1n) is 9.98. The second-order valence-corrected chi connectivity index (χ2v) is 7.72. The lowest BCUT2D eigenvalue weighted by Crippen LogP contribution is -3.06. The molecule has 158 valence electrons. The van der Waals surface area contributed by atoms with Gasteiger partial charge in [-0.3, -0.25) is 4.79 Å². The van der Waals surface area contributed by atoms with Crippen LogP contribution in [-0.2, 0) is 6.54 Å². The molecule has 0 aliphatic heterocycles. The summed E-state index contributed by atoms with van der Waals surface area (Å²) in [4.78, 5) is 31.5. The van der Waals surface area contributed by atoms with Crippen molar-refractivity contribution in [1.82, 2.24) is 9.88 Å². The van der Waals surface area contributed by atoms with Crippen LogP contribution in [0.25, 0.3) is 10.9 Å². The molecule has 0 aliphatic rings. The number of nitrogens with one attached hydrogen (secondary N) is 3. The number of H-pyrrole nitrogens is 1. The van der Waals surface area contributed by atoms with E-state index in [9.17, 15) is 9.59 Å². The van der Waals surface area contributed by atoms with E-state index in [4.69, 9.17) is 4.74 Å². The summed E-state index contributed by atoms with van der Waals surface area (Å²) < 4.78 is 5.33. The van der Waals surface area contributed by atoms with Crippen molar-refractivity contribution in [3.8, 4) is 5.75 Å². The zero-order valence-electron chi connectivity index (χ0n) is 17.9. The number of urea groups is 1. The van der Waals surface area contributed by atoms with E-state index in [-0.39, 0.29) is 18.1 Å². The van der Waals surface area contributed by atoms with Gasteiger partial charge in [-0.05, 0) is 42.1 Å². The Balaban J connectivity index is 1.87. The van der Waals surface area contributed by atoms with Crippen LogP contribution in [0.2, 0.25) is 0 Å². The Morgan fingerprint density at radius 1 is 1.17 bits per heavy atom. The van der Waals surface area contributed by atoms with Gasteiger partial charge in [0.1, 0.15) is 5.75 Å². The minimum atomic E-state index is -0.274. The molecule has 0 bridgehead atoms. The van der Waals surface area contributed by atoms with Gasteiger partial charge in [0.25, 0.3) is 5.56 Å². The molecule has 0 radical (unpaired) electrons. The molecule has 0 saturated carbocycles. The highest BCUT2D eigenvalue weighted by atomic mass is 16.5. The van der Waals surface area contributed by atoms with Gasteiger partial charge in [-0.25, -0.2) is 4.79 Å². The monoisotopic (exact) mass is 409 g/mol. The maximum absolute atomic E-state index is 13.1. The summed E-state index contributed by atoms with van der Waals surface area (Å²) in [5.41, 5.74) is 2.84. The molecule has 2 amide bonds. The van der Waals surface area contributed by atoms with Gasteiger partial charge in [-0.2, -0.15) is 0 Å². The topological polar surface area (TPSA) is 78.9 Å². The molecule has 0 aliphatic carbocycles. The van der Waals surface area contributed by atoms with Gasteiger partial charge in [0.15, 0.2) is 0 Å². The summed E-state index contributed by atoms with van der Waals surface area (Å²) in [6, 6.07) is 14.8. The summed E-state index contributed by atoms with van der Waals surface area (Å²) in [7, 11) is 5.62. The molecule has 0 unspecified atom stereocenters. The molecule has 3 rings (SSSR count). The number of rotatable bonds is 7. The summed E-state index contributed by atoms with van der Waals surface area (Å²) in [5.74, 6) is 0.586. The molecule has 2 aromatic carbocycles. The number of para-hydroxylation sites is 2. The average Bonchev–Trinajstić information content (AvgIpc) is 2.71. The number of carbonyl (C=O) groups excluding carboxylic acids is 1. The lowest BCUT2D eigenvalue weighted by atomic mass is 10.1. The van der Waals surface area contributed by atoms with Crippen LogP contribution in [0.5, 0.6) is 5.75 Å². The highest BCUT2D eigenvalue weighted by Gasteiger charge is 2.18. The van der Waals surface area contributed by atoms with Crippen LogP contribution in [0.1, 0.15) is 11.1 Å². The van der Waals surface area contributed by atoms with Gasteiger partial charge >= 0.3 is 6.03 Å². The van der Waals surface area contributed by atoms with Crippen LogP contribution in [0.15, 0.2) is 53.3 Å². The molecule has 0 fully saturated rings. The van der Waals surface area contributed by atoms with Crippen molar-refractivity contribution >= 4 is 22.6 Å². The van der Waals surface area contributed by atoms with E-state index in [0.29, 0.717) is 23.5 Å². The molecule has 3 N–H and O–H groups in total. The molecule has 0 spiro atoms. The van der Waals surface area contributed by atoms with E-state index in [1.165, 1.54) is 4.90 Å². The van der Waals surface area contributed by atoms with Crippen molar-refractivity contribution in [2.45, 2.75) is 13.5 Å². The Morgan fingerprint density at radius 2 is 1.93 bits per heavy atom. The van der Waals surface area contributed by atoms with Gasteiger partial charge < -0.3 is 24.8 Å². The molecular weight excluding hydrogens is 380 g/mol. The number of pyridine rings is 1. The Labute approximate surface area is 176 Å². The normalized spacial score (nSPS) is 11.0. The lowest BCUT2D eigenvalue weighted by molar-refractivity contribution is -0.857. The standard InChI is InChI=1S/C23H28N4O3/c1-16-9-10-17-14-18(22(28)24-20(17)13-16)15-27(12-11-26(2)3)23(29)25-19-7-5-6-8-21(19)30-4/h5-10,13-14H,11-12,15H2,1-4H3,(H,24,28)(H,25,29)/p+1. The van der Waals surface area contributed by atoms with E-state index in [2.05, 4.69) is 10.3 Å². The molecular formula is C23H29N4O3+. The predicted molar refractivity (Wildman–Crippen MR) is 119 cm³/mol. The Hall–Kier alpha value is -3.32. The second-order valence-electron chi connectivity index (χ2n) is 7.72. The minimum absolute atomic E-state index is 0.180. The summed E-state index contributed by atoms with van der Waals surface area (Å²) in [6.07, 6.45) is 0. The van der Waals surface area contributed by atoms with Crippen molar-refractivity contribution in [3.63, 3.8) is 0 Å². The number of benzene rings is 2. The Bertz CT molecular complexity index is 1090. The third kappa shape index (κ3) is 5.18. The van der Waals surface area contributed by atoms with Crippen molar-refractivity contribution in [1.29, 1.82) is 0 Å². The smallest absolute Gasteiger partial charge is 0.322 e. The fourth-order valence-corrected chi connectivity index (χ4v) is 3.24. The number of likely N-dealkylation sites (N-methyl/N-ethyl adjacent to an activating group) is 1. The van der Waals surface area contributed by atoms with Crippen molar-refractivity contribution in [2.75, 3.05) is 39.6 Å². The average molecular weight is 410 g/mol. The lowest BCUT2D eigenvalue weighted by Gasteiger charge is -2.24. The number of hydrogen-bond donors (Lipinski definition) is 3. The minimum Gasteiger partial charge on any atom is -0.495 e. The molecule has 0 saturated heterocycles. The first-order valence-corrected chi connectivity index (χ1v) is 9.98. The SMILES string of the molecule is COc1ccccc1NC(=O)N(CC[NH+](C)C)Cc1cc2ccc(C)cc2[nH]c1=O.